The molecule has 0 saturated carbocycles. The zero-order valence-electron chi connectivity index (χ0n) is 26.6. The highest BCUT2D eigenvalue weighted by Gasteiger charge is 2.17. The minimum Gasteiger partial charge on any atom is -0.456 e. The smallest absolute Gasteiger partial charge is 0.164 e. The van der Waals surface area contributed by atoms with Crippen LogP contribution in [0.15, 0.2) is 160 Å². The van der Waals surface area contributed by atoms with E-state index in [-0.39, 0.29) is 0 Å². The number of rotatable bonds is 3. The van der Waals surface area contributed by atoms with E-state index >= 15 is 0 Å². The molecule has 0 aliphatic heterocycles. The summed E-state index contributed by atoms with van der Waals surface area (Å²) >= 11 is 0. The highest BCUT2D eigenvalue weighted by atomic mass is 16.3. The zero-order valence-corrected chi connectivity index (χ0v) is 26.6. The van der Waals surface area contributed by atoms with Gasteiger partial charge in [-0.15, -0.1) is 0 Å². The molecule has 50 heavy (non-hydrogen) atoms. The van der Waals surface area contributed by atoms with Gasteiger partial charge in [0, 0.05) is 38.2 Å². The highest BCUT2D eigenvalue weighted by Crippen LogP contribution is 2.40. The van der Waals surface area contributed by atoms with Crippen molar-refractivity contribution in [2.45, 2.75) is 0 Å². The number of furan rings is 2. The molecule has 0 N–H and O–H groups in total. The van der Waals surface area contributed by atoms with E-state index in [9.17, 15) is 0 Å². The number of fused-ring (bicyclic) bond motifs is 12. The van der Waals surface area contributed by atoms with Gasteiger partial charge < -0.3 is 8.83 Å². The average molecular weight is 640 g/mol. The van der Waals surface area contributed by atoms with Crippen LogP contribution >= 0.6 is 0 Å². The van der Waals surface area contributed by atoms with Gasteiger partial charge in [0.2, 0.25) is 0 Å². The molecule has 0 fully saturated rings. The molecule has 11 aromatic rings. The normalized spacial score (nSPS) is 12.0. The third-order valence-electron chi connectivity index (χ3n) is 9.90. The van der Waals surface area contributed by atoms with Gasteiger partial charge in [-0.3, -0.25) is 0 Å². The molecule has 5 nitrogen and oxygen atoms in total. The average Bonchev–Trinajstić information content (AvgIpc) is 3.76. The molecule has 0 spiro atoms. The van der Waals surface area contributed by atoms with E-state index in [4.69, 9.17) is 23.8 Å². The Morgan fingerprint density at radius 3 is 1.66 bits per heavy atom. The number of hydrogen-bond donors (Lipinski definition) is 0. The Morgan fingerprint density at radius 1 is 0.300 bits per heavy atom. The second-order valence-electron chi connectivity index (χ2n) is 12.8. The van der Waals surface area contributed by atoms with E-state index in [1.54, 1.807) is 0 Å². The summed E-state index contributed by atoms with van der Waals surface area (Å²) in [6.07, 6.45) is 0. The first-order valence-electron chi connectivity index (χ1n) is 16.7. The van der Waals surface area contributed by atoms with E-state index in [2.05, 4.69) is 84.9 Å². The van der Waals surface area contributed by atoms with Crippen molar-refractivity contribution >= 4 is 76.2 Å². The summed E-state index contributed by atoms with van der Waals surface area (Å²) < 4.78 is 12.4. The Bertz CT molecular complexity index is 3160. The number of hydrogen-bond acceptors (Lipinski definition) is 5. The van der Waals surface area contributed by atoms with Gasteiger partial charge >= 0.3 is 0 Å². The Labute approximate surface area is 285 Å². The molecule has 0 amide bonds. The van der Waals surface area contributed by atoms with Crippen LogP contribution in [0.5, 0.6) is 0 Å². The number of aromatic nitrogens is 3. The van der Waals surface area contributed by atoms with E-state index < -0.39 is 0 Å². The minimum absolute atomic E-state index is 0.595. The maximum Gasteiger partial charge on any atom is 0.164 e. The lowest BCUT2D eigenvalue weighted by molar-refractivity contribution is 0.668. The number of benzene rings is 8. The minimum atomic E-state index is 0.595. The maximum atomic E-state index is 6.22. The molecular formula is C45H25N3O2. The summed E-state index contributed by atoms with van der Waals surface area (Å²) in [5.74, 6) is 1.83. The van der Waals surface area contributed by atoms with Crippen molar-refractivity contribution in [3.63, 3.8) is 0 Å². The first-order chi connectivity index (χ1) is 24.7. The van der Waals surface area contributed by atoms with Crippen molar-refractivity contribution in [2.24, 2.45) is 0 Å². The standard InChI is InChI=1S/C45H25N3O2/c1-2-8-27(9-3-1)43-46-44(48-45(47-43)30-18-20-33-32-10-4-6-12-37(32)50-40(33)25-30)29-17-19-31-28(24-29)15-14-26-16-21-35-34(41(26)31)22-23-39-42(35)36-11-5-7-13-38(36)49-39/h1-25H. The highest BCUT2D eigenvalue weighted by molar-refractivity contribution is 6.28. The van der Waals surface area contributed by atoms with E-state index in [0.29, 0.717) is 17.5 Å². The van der Waals surface area contributed by atoms with Crippen molar-refractivity contribution in [1.29, 1.82) is 0 Å². The van der Waals surface area contributed by atoms with Crippen molar-refractivity contribution in [3.8, 4) is 34.2 Å². The van der Waals surface area contributed by atoms with Gasteiger partial charge in [-0.1, -0.05) is 109 Å². The van der Waals surface area contributed by atoms with Crippen LogP contribution in [-0.2, 0) is 0 Å². The quantitative estimate of drug-likeness (QED) is 0.180. The summed E-state index contributed by atoms with van der Waals surface area (Å²) in [6, 6.07) is 52.3. The van der Waals surface area contributed by atoms with Crippen LogP contribution in [0, 0.1) is 0 Å². The van der Waals surface area contributed by atoms with Gasteiger partial charge in [0.25, 0.3) is 0 Å². The molecule has 0 bridgehead atoms. The Kier molecular flexibility index (Phi) is 5.60. The lowest BCUT2D eigenvalue weighted by atomic mass is 9.93. The van der Waals surface area contributed by atoms with Crippen molar-refractivity contribution < 1.29 is 8.83 Å². The molecule has 232 valence electrons. The van der Waals surface area contributed by atoms with Crippen molar-refractivity contribution in [1.82, 2.24) is 15.0 Å². The van der Waals surface area contributed by atoms with E-state index in [0.717, 1.165) is 66.0 Å². The second-order valence-corrected chi connectivity index (χ2v) is 12.8. The monoisotopic (exact) mass is 639 g/mol. The Morgan fingerprint density at radius 2 is 0.840 bits per heavy atom. The molecule has 0 aliphatic rings. The second kappa shape index (κ2) is 10.3. The van der Waals surface area contributed by atoms with Gasteiger partial charge in [-0.25, -0.2) is 15.0 Å². The third kappa shape index (κ3) is 4.04. The van der Waals surface area contributed by atoms with Crippen LogP contribution in [0.2, 0.25) is 0 Å². The molecule has 11 rings (SSSR count). The first-order valence-corrected chi connectivity index (χ1v) is 16.7. The Balaban J connectivity index is 1.11. The van der Waals surface area contributed by atoms with E-state index in [1.807, 2.05) is 66.7 Å². The fraction of sp³-hybridized carbons (Fsp3) is 0. The van der Waals surface area contributed by atoms with Crippen molar-refractivity contribution in [3.05, 3.63) is 152 Å². The van der Waals surface area contributed by atoms with Crippen molar-refractivity contribution in [2.75, 3.05) is 0 Å². The predicted octanol–water partition coefficient (Wildman–Crippen LogP) is 12.1. The summed E-state index contributed by atoms with van der Waals surface area (Å²) in [7, 11) is 0. The molecule has 8 aromatic carbocycles. The summed E-state index contributed by atoms with van der Waals surface area (Å²) in [6.45, 7) is 0. The van der Waals surface area contributed by atoms with Crippen LogP contribution in [0.1, 0.15) is 0 Å². The van der Waals surface area contributed by atoms with Gasteiger partial charge in [-0.2, -0.15) is 0 Å². The predicted molar refractivity (Wildman–Crippen MR) is 203 cm³/mol. The SMILES string of the molecule is c1ccc(-c2nc(-c3ccc4c(ccc5ccc6c(ccc7oc8ccccc8c76)c54)c3)nc(-c3ccc4c(c3)oc3ccccc34)n2)cc1. The lowest BCUT2D eigenvalue weighted by Gasteiger charge is -2.11. The van der Waals surface area contributed by atoms with Gasteiger partial charge in [0.1, 0.15) is 22.3 Å². The molecule has 3 aromatic heterocycles. The molecule has 0 atom stereocenters. The largest absolute Gasteiger partial charge is 0.456 e. The fourth-order valence-electron chi connectivity index (χ4n) is 7.55. The third-order valence-corrected chi connectivity index (χ3v) is 9.90. The summed E-state index contributed by atoms with van der Waals surface area (Å²) in [5, 5.41) is 11.5. The van der Waals surface area contributed by atoms with Gasteiger partial charge in [0.05, 0.1) is 0 Å². The topological polar surface area (TPSA) is 65.0 Å². The molecule has 3 heterocycles. The van der Waals surface area contributed by atoms with E-state index in [1.165, 1.54) is 26.9 Å². The number of nitrogens with zero attached hydrogens (tertiary/aromatic N) is 3. The first kappa shape index (κ1) is 27.1. The summed E-state index contributed by atoms with van der Waals surface area (Å²) in [5.41, 5.74) is 6.19. The molecule has 5 heteroatoms. The maximum absolute atomic E-state index is 6.22. The van der Waals surface area contributed by atoms with Crippen LogP contribution in [-0.4, -0.2) is 15.0 Å². The number of para-hydroxylation sites is 2. The molecule has 0 aliphatic carbocycles. The van der Waals surface area contributed by atoms with Crippen LogP contribution < -0.4 is 0 Å². The van der Waals surface area contributed by atoms with Crippen LogP contribution in [0.4, 0.5) is 0 Å². The Hall–Kier alpha value is -6.85. The van der Waals surface area contributed by atoms with Crippen LogP contribution in [0.3, 0.4) is 0 Å². The summed E-state index contributed by atoms with van der Waals surface area (Å²) in [4.78, 5) is 15.0. The molecular weight excluding hydrogens is 615 g/mol. The van der Waals surface area contributed by atoms with Crippen LogP contribution in [0.25, 0.3) is 110 Å². The lowest BCUT2D eigenvalue weighted by Crippen LogP contribution is -2.00. The van der Waals surface area contributed by atoms with Gasteiger partial charge in [0.15, 0.2) is 17.5 Å². The fourth-order valence-corrected chi connectivity index (χ4v) is 7.55. The molecule has 0 saturated heterocycles. The van der Waals surface area contributed by atoms with Gasteiger partial charge in [-0.05, 0) is 74.8 Å². The molecule has 0 unspecified atom stereocenters. The molecule has 0 radical (unpaired) electrons. The zero-order chi connectivity index (χ0) is 32.8.